The summed E-state index contributed by atoms with van der Waals surface area (Å²) in [6, 6.07) is -0.844. The van der Waals surface area contributed by atoms with Crippen LogP contribution in [0.5, 0.6) is 0 Å². The minimum atomic E-state index is -1.27. The van der Waals surface area contributed by atoms with Crippen molar-refractivity contribution in [3.05, 3.63) is 0 Å². The van der Waals surface area contributed by atoms with Gasteiger partial charge >= 0.3 is 11.9 Å². The Kier molecular flexibility index (Phi) is 6.09. The highest BCUT2D eigenvalue weighted by Gasteiger charge is 2.24. The first-order chi connectivity index (χ1) is 7.38. The van der Waals surface area contributed by atoms with E-state index >= 15 is 0 Å². The molecule has 7 heteroatoms. The van der Waals surface area contributed by atoms with E-state index in [4.69, 9.17) is 15.9 Å². The number of amides is 1. The van der Waals surface area contributed by atoms with Crippen molar-refractivity contribution < 1.29 is 24.6 Å². The van der Waals surface area contributed by atoms with Crippen LogP contribution < -0.4 is 5.73 Å². The maximum atomic E-state index is 11.6. The Bertz CT molecular complexity index is 263. The Balaban J connectivity index is 4.54. The highest BCUT2D eigenvalue weighted by Crippen LogP contribution is 2.00. The van der Waals surface area contributed by atoms with Crippen molar-refractivity contribution in [3.8, 4) is 0 Å². The number of nitrogens with zero attached hydrogens (tertiary/aromatic N) is 1. The van der Waals surface area contributed by atoms with Crippen LogP contribution in [0.3, 0.4) is 0 Å². The maximum absolute atomic E-state index is 11.6. The van der Waals surface area contributed by atoms with Gasteiger partial charge < -0.3 is 20.8 Å². The summed E-state index contributed by atoms with van der Waals surface area (Å²) in [5.41, 5.74) is 5.50. The van der Waals surface area contributed by atoms with Crippen LogP contribution in [0.1, 0.15) is 19.8 Å². The van der Waals surface area contributed by atoms with Gasteiger partial charge in [0, 0.05) is 0 Å². The molecular formula is C9H16N2O5. The lowest BCUT2D eigenvalue weighted by Gasteiger charge is -2.21. The Labute approximate surface area is 92.8 Å². The normalized spacial score (nSPS) is 11.9. The molecular weight excluding hydrogens is 216 g/mol. The molecule has 0 aromatic carbocycles. The van der Waals surface area contributed by atoms with Crippen LogP contribution in [-0.4, -0.2) is 52.1 Å². The molecule has 1 atom stereocenters. The molecule has 7 nitrogen and oxygen atoms in total. The summed E-state index contributed by atoms with van der Waals surface area (Å²) in [5, 5.41) is 17.1. The second-order valence-electron chi connectivity index (χ2n) is 3.38. The van der Waals surface area contributed by atoms with Crippen molar-refractivity contribution >= 4 is 17.8 Å². The number of carboxylic acid groups (broad SMARTS) is 2. The lowest BCUT2D eigenvalue weighted by molar-refractivity contribution is -0.149. The summed E-state index contributed by atoms with van der Waals surface area (Å²) in [6.45, 7) is 0.525. The molecule has 0 aliphatic heterocycles. The third-order valence-electron chi connectivity index (χ3n) is 1.88. The fourth-order valence-corrected chi connectivity index (χ4v) is 1.21. The van der Waals surface area contributed by atoms with E-state index in [-0.39, 0.29) is 0 Å². The standard InChI is InChI=1S/C9H16N2O5/c1-2-3-6(10)9(16)11(4-7(12)13)5-8(14)15/h6H,2-5,10H2,1H3,(H,12,13)(H,14,15)/t6-/m1/s1. The zero-order chi connectivity index (χ0) is 12.7. The zero-order valence-electron chi connectivity index (χ0n) is 9.05. The Morgan fingerprint density at radius 2 is 1.62 bits per heavy atom. The van der Waals surface area contributed by atoms with Crippen LogP contribution >= 0.6 is 0 Å². The third kappa shape index (κ3) is 5.30. The molecule has 92 valence electrons. The minimum Gasteiger partial charge on any atom is -0.480 e. The minimum absolute atomic E-state index is 0.397. The maximum Gasteiger partial charge on any atom is 0.323 e. The largest absolute Gasteiger partial charge is 0.480 e. The highest BCUT2D eigenvalue weighted by atomic mass is 16.4. The quantitative estimate of drug-likeness (QED) is 0.523. The van der Waals surface area contributed by atoms with Gasteiger partial charge in [0.1, 0.15) is 13.1 Å². The molecule has 0 aromatic heterocycles. The van der Waals surface area contributed by atoms with E-state index in [1.54, 1.807) is 0 Å². The zero-order valence-corrected chi connectivity index (χ0v) is 9.05. The number of hydrogen-bond acceptors (Lipinski definition) is 4. The predicted octanol–water partition coefficient (Wildman–Crippen LogP) is -0.888. The molecule has 0 heterocycles. The van der Waals surface area contributed by atoms with Crippen molar-refractivity contribution in [3.63, 3.8) is 0 Å². The van der Waals surface area contributed by atoms with Crippen molar-refractivity contribution in [2.24, 2.45) is 5.73 Å². The van der Waals surface area contributed by atoms with Gasteiger partial charge in [-0.1, -0.05) is 13.3 Å². The molecule has 0 saturated carbocycles. The molecule has 0 saturated heterocycles. The molecule has 4 N–H and O–H groups in total. The molecule has 0 aliphatic rings. The number of hydrogen-bond donors (Lipinski definition) is 3. The van der Waals surface area contributed by atoms with Gasteiger partial charge in [0.15, 0.2) is 0 Å². The number of carbonyl (C=O) groups excluding carboxylic acids is 1. The lowest BCUT2D eigenvalue weighted by Crippen LogP contribution is -2.47. The molecule has 16 heavy (non-hydrogen) atoms. The second kappa shape index (κ2) is 6.78. The van der Waals surface area contributed by atoms with Gasteiger partial charge in [-0.15, -0.1) is 0 Å². The van der Waals surface area contributed by atoms with Crippen molar-refractivity contribution in [2.75, 3.05) is 13.1 Å². The van der Waals surface area contributed by atoms with Gasteiger partial charge in [-0.05, 0) is 6.42 Å². The molecule has 0 unspecified atom stereocenters. The summed E-state index contributed by atoms with van der Waals surface area (Å²) in [5.74, 6) is -3.18. The van der Waals surface area contributed by atoms with Gasteiger partial charge in [0.25, 0.3) is 0 Å². The second-order valence-corrected chi connectivity index (χ2v) is 3.38. The van der Waals surface area contributed by atoms with E-state index in [2.05, 4.69) is 0 Å². The number of carbonyl (C=O) groups is 3. The van der Waals surface area contributed by atoms with E-state index in [9.17, 15) is 14.4 Å². The molecule has 0 spiro atoms. The predicted molar refractivity (Wildman–Crippen MR) is 54.7 cm³/mol. The van der Waals surface area contributed by atoms with E-state index in [1.807, 2.05) is 6.92 Å². The van der Waals surface area contributed by atoms with Gasteiger partial charge in [-0.25, -0.2) is 0 Å². The summed E-state index contributed by atoms with van der Waals surface area (Å²) in [4.78, 5) is 33.2. The molecule has 0 radical (unpaired) electrons. The third-order valence-corrected chi connectivity index (χ3v) is 1.88. The molecule has 0 aliphatic carbocycles. The van der Waals surface area contributed by atoms with Crippen LogP contribution in [0, 0.1) is 0 Å². The Hall–Kier alpha value is -1.63. The Morgan fingerprint density at radius 3 is 1.94 bits per heavy atom. The fraction of sp³-hybridized carbons (Fsp3) is 0.667. The highest BCUT2D eigenvalue weighted by molar-refractivity contribution is 5.88. The van der Waals surface area contributed by atoms with Crippen LogP contribution in [0.4, 0.5) is 0 Å². The summed E-state index contributed by atoms with van der Waals surface area (Å²) in [7, 11) is 0. The molecule has 0 rings (SSSR count). The van der Waals surface area contributed by atoms with E-state index in [0.717, 1.165) is 4.90 Å². The van der Waals surface area contributed by atoms with Crippen molar-refractivity contribution in [2.45, 2.75) is 25.8 Å². The van der Waals surface area contributed by atoms with Crippen LogP contribution in [0.15, 0.2) is 0 Å². The first-order valence-electron chi connectivity index (χ1n) is 4.86. The van der Waals surface area contributed by atoms with Gasteiger partial charge in [-0.3, -0.25) is 14.4 Å². The lowest BCUT2D eigenvalue weighted by atomic mass is 10.1. The first kappa shape index (κ1) is 14.4. The monoisotopic (exact) mass is 232 g/mol. The number of nitrogens with two attached hydrogens (primary N) is 1. The first-order valence-corrected chi connectivity index (χ1v) is 4.86. The smallest absolute Gasteiger partial charge is 0.323 e. The van der Waals surface area contributed by atoms with Gasteiger partial charge in [0.2, 0.25) is 5.91 Å². The van der Waals surface area contributed by atoms with Crippen molar-refractivity contribution in [1.29, 1.82) is 0 Å². The molecule has 0 fully saturated rings. The van der Waals surface area contributed by atoms with E-state index < -0.39 is 37.0 Å². The van der Waals surface area contributed by atoms with E-state index in [1.165, 1.54) is 0 Å². The topological polar surface area (TPSA) is 121 Å². The number of aliphatic carboxylic acids is 2. The fourth-order valence-electron chi connectivity index (χ4n) is 1.21. The van der Waals surface area contributed by atoms with Gasteiger partial charge in [-0.2, -0.15) is 0 Å². The summed E-state index contributed by atoms with van der Waals surface area (Å²) in [6.07, 6.45) is 1.06. The summed E-state index contributed by atoms with van der Waals surface area (Å²) < 4.78 is 0. The van der Waals surface area contributed by atoms with Crippen LogP contribution in [0.25, 0.3) is 0 Å². The molecule has 0 bridgehead atoms. The number of carboxylic acids is 2. The van der Waals surface area contributed by atoms with Gasteiger partial charge in [0.05, 0.1) is 6.04 Å². The van der Waals surface area contributed by atoms with Crippen molar-refractivity contribution in [1.82, 2.24) is 4.90 Å². The van der Waals surface area contributed by atoms with Crippen LogP contribution in [0.2, 0.25) is 0 Å². The average molecular weight is 232 g/mol. The number of rotatable bonds is 7. The molecule has 1 amide bonds. The average Bonchev–Trinajstić information content (AvgIpc) is 2.14. The van der Waals surface area contributed by atoms with E-state index in [0.29, 0.717) is 12.8 Å². The van der Waals surface area contributed by atoms with Crippen LogP contribution in [-0.2, 0) is 14.4 Å². The molecule has 0 aromatic rings. The Morgan fingerprint density at radius 1 is 1.19 bits per heavy atom. The summed E-state index contributed by atoms with van der Waals surface area (Å²) >= 11 is 0. The SMILES string of the molecule is CCC[C@@H](N)C(=O)N(CC(=O)O)CC(=O)O.